The molecular weight excluding hydrogens is 514 g/mol. The smallest absolute Gasteiger partial charge is 0.251 e. The number of nitrogens with one attached hydrogen (secondary N) is 2. The van der Waals surface area contributed by atoms with E-state index in [-0.39, 0.29) is 29.8 Å². The standard InChI is InChI=1S/C30H27N3O5S/c1-2-28(34)32-29-18-25-19-33(20-27(25)38-29)39(36,37)26-14-12-24(13-15-26)30(35)31-17-16-21-8-10-23(11-9-21)22-6-4-3-5-7-22/h2-15,18H,1,16-17,19-20H2,(H,31,35)(H,32,34). The predicted molar refractivity (Wildman–Crippen MR) is 148 cm³/mol. The number of nitrogens with zero attached hydrogens (tertiary/aromatic N) is 1. The molecule has 5 rings (SSSR count). The summed E-state index contributed by atoms with van der Waals surface area (Å²) in [7, 11) is -3.80. The van der Waals surface area contributed by atoms with Crippen LogP contribution in [0.2, 0.25) is 0 Å². The highest BCUT2D eigenvalue weighted by atomic mass is 32.2. The van der Waals surface area contributed by atoms with Crippen molar-refractivity contribution in [3.8, 4) is 11.1 Å². The second kappa shape index (κ2) is 11.1. The molecule has 0 fully saturated rings. The minimum atomic E-state index is -3.80. The molecule has 0 atom stereocenters. The molecule has 0 spiro atoms. The number of furan rings is 1. The van der Waals surface area contributed by atoms with Gasteiger partial charge in [-0.05, 0) is 53.5 Å². The first-order chi connectivity index (χ1) is 18.8. The van der Waals surface area contributed by atoms with E-state index in [4.69, 9.17) is 4.42 Å². The van der Waals surface area contributed by atoms with Crippen LogP contribution in [0.1, 0.15) is 27.2 Å². The minimum absolute atomic E-state index is 0.0518. The van der Waals surface area contributed by atoms with Gasteiger partial charge in [-0.2, -0.15) is 4.31 Å². The van der Waals surface area contributed by atoms with Gasteiger partial charge in [0.1, 0.15) is 5.76 Å². The summed E-state index contributed by atoms with van der Waals surface area (Å²) in [5.74, 6) is 0.0491. The third-order valence-corrected chi connectivity index (χ3v) is 8.32. The molecule has 39 heavy (non-hydrogen) atoms. The molecule has 1 aliphatic heterocycles. The fourth-order valence-electron chi connectivity index (χ4n) is 4.39. The van der Waals surface area contributed by atoms with Gasteiger partial charge in [0.2, 0.25) is 15.9 Å². The highest BCUT2D eigenvalue weighted by molar-refractivity contribution is 7.89. The summed E-state index contributed by atoms with van der Waals surface area (Å²) in [6, 6.07) is 25.9. The lowest BCUT2D eigenvalue weighted by atomic mass is 10.0. The van der Waals surface area contributed by atoms with Crippen LogP contribution < -0.4 is 10.6 Å². The minimum Gasteiger partial charge on any atom is -0.444 e. The summed E-state index contributed by atoms with van der Waals surface area (Å²) >= 11 is 0. The Morgan fingerprint density at radius 2 is 1.62 bits per heavy atom. The molecule has 198 valence electrons. The quantitative estimate of drug-likeness (QED) is 0.297. The van der Waals surface area contributed by atoms with Gasteiger partial charge in [0.25, 0.3) is 5.91 Å². The topological polar surface area (TPSA) is 109 Å². The molecule has 4 aromatic rings. The highest BCUT2D eigenvalue weighted by Gasteiger charge is 2.33. The monoisotopic (exact) mass is 541 g/mol. The van der Waals surface area contributed by atoms with Crippen LogP contribution in [0.25, 0.3) is 11.1 Å². The molecule has 2 amide bonds. The molecule has 1 aliphatic rings. The number of hydrogen-bond acceptors (Lipinski definition) is 5. The number of carbonyl (C=O) groups excluding carboxylic acids is 2. The number of benzene rings is 3. The van der Waals surface area contributed by atoms with Gasteiger partial charge in [-0.3, -0.25) is 14.9 Å². The zero-order chi connectivity index (χ0) is 27.4. The zero-order valence-corrected chi connectivity index (χ0v) is 21.9. The van der Waals surface area contributed by atoms with Gasteiger partial charge < -0.3 is 9.73 Å². The van der Waals surface area contributed by atoms with Gasteiger partial charge in [0.15, 0.2) is 5.88 Å². The average Bonchev–Trinajstić information content (AvgIpc) is 3.53. The van der Waals surface area contributed by atoms with Crippen molar-refractivity contribution in [3.63, 3.8) is 0 Å². The molecule has 0 bridgehead atoms. The Hall–Kier alpha value is -4.47. The molecular formula is C30H27N3O5S. The fraction of sp³-hybridized carbons (Fsp3) is 0.133. The van der Waals surface area contributed by atoms with Crippen molar-refractivity contribution in [1.82, 2.24) is 9.62 Å². The van der Waals surface area contributed by atoms with E-state index in [2.05, 4.69) is 53.6 Å². The van der Waals surface area contributed by atoms with Gasteiger partial charge in [-0.15, -0.1) is 0 Å². The Labute approximate surface area is 227 Å². The number of hydrogen-bond donors (Lipinski definition) is 2. The second-order valence-electron chi connectivity index (χ2n) is 9.12. The maximum atomic E-state index is 13.1. The average molecular weight is 542 g/mol. The Bertz CT molecular complexity index is 1590. The summed E-state index contributed by atoms with van der Waals surface area (Å²) in [5, 5.41) is 5.42. The third-order valence-electron chi connectivity index (χ3n) is 6.51. The molecule has 2 N–H and O–H groups in total. The molecule has 8 nitrogen and oxygen atoms in total. The van der Waals surface area contributed by atoms with Crippen LogP contribution in [0.15, 0.2) is 107 Å². The van der Waals surface area contributed by atoms with E-state index >= 15 is 0 Å². The Balaban J connectivity index is 1.14. The Kier molecular flexibility index (Phi) is 7.44. The molecule has 0 saturated carbocycles. The second-order valence-corrected chi connectivity index (χ2v) is 11.1. The van der Waals surface area contributed by atoms with Crippen LogP contribution in [-0.2, 0) is 34.3 Å². The van der Waals surface area contributed by atoms with Crippen LogP contribution in [-0.4, -0.2) is 31.1 Å². The first kappa shape index (κ1) is 26.1. The lowest BCUT2D eigenvalue weighted by molar-refractivity contribution is -0.112. The van der Waals surface area contributed by atoms with Crippen LogP contribution in [0.3, 0.4) is 0 Å². The number of rotatable bonds is 9. The number of fused-ring (bicyclic) bond motifs is 1. The van der Waals surface area contributed by atoms with Crippen molar-refractivity contribution in [2.24, 2.45) is 0 Å². The highest BCUT2D eigenvalue weighted by Crippen LogP contribution is 2.32. The lowest BCUT2D eigenvalue weighted by Crippen LogP contribution is -2.27. The molecule has 0 radical (unpaired) electrons. The lowest BCUT2D eigenvalue weighted by Gasteiger charge is -2.16. The predicted octanol–water partition coefficient (Wildman–Crippen LogP) is 4.75. The van der Waals surface area contributed by atoms with E-state index in [0.717, 1.165) is 22.8 Å². The summed E-state index contributed by atoms with van der Waals surface area (Å²) in [6.07, 6.45) is 1.80. The van der Waals surface area contributed by atoms with Crippen LogP contribution in [0.4, 0.5) is 5.88 Å². The van der Waals surface area contributed by atoms with E-state index in [1.54, 1.807) is 6.07 Å². The van der Waals surface area contributed by atoms with Crippen molar-refractivity contribution in [2.75, 3.05) is 11.9 Å². The third kappa shape index (κ3) is 5.84. The van der Waals surface area contributed by atoms with Gasteiger partial charge in [-0.25, -0.2) is 8.42 Å². The summed E-state index contributed by atoms with van der Waals surface area (Å²) in [4.78, 5) is 24.1. The SMILES string of the molecule is C=CC(=O)Nc1cc2c(o1)CN(S(=O)(=O)c1ccc(C(=O)NCCc3ccc(-c4ccccc4)cc3)cc1)C2. The largest absolute Gasteiger partial charge is 0.444 e. The zero-order valence-electron chi connectivity index (χ0n) is 21.1. The number of amides is 2. The van der Waals surface area contributed by atoms with E-state index in [9.17, 15) is 18.0 Å². The van der Waals surface area contributed by atoms with E-state index in [0.29, 0.717) is 29.9 Å². The molecule has 9 heteroatoms. The first-order valence-electron chi connectivity index (χ1n) is 12.4. The normalized spacial score (nSPS) is 13.0. The fourth-order valence-corrected chi connectivity index (χ4v) is 5.76. The molecule has 3 aromatic carbocycles. The van der Waals surface area contributed by atoms with E-state index in [1.807, 2.05) is 18.2 Å². The molecule has 0 unspecified atom stereocenters. The molecule has 0 saturated heterocycles. The molecule has 2 heterocycles. The first-order valence-corrected chi connectivity index (χ1v) is 13.9. The van der Waals surface area contributed by atoms with Gasteiger partial charge in [0, 0.05) is 30.3 Å². The van der Waals surface area contributed by atoms with Crippen molar-refractivity contribution in [1.29, 1.82) is 0 Å². The van der Waals surface area contributed by atoms with Crippen LogP contribution in [0, 0.1) is 0 Å². The van der Waals surface area contributed by atoms with Crippen molar-refractivity contribution >= 4 is 27.7 Å². The van der Waals surface area contributed by atoms with Crippen molar-refractivity contribution in [3.05, 3.63) is 120 Å². The number of sulfonamides is 1. The summed E-state index contributed by atoms with van der Waals surface area (Å²) in [5.41, 5.74) is 4.46. The molecule has 1 aromatic heterocycles. The number of carbonyl (C=O) groups is 2. The van der Waals surface area contributed by atoms with Gasteiger partial charge >= 0.3 is 0 Å². The molecule has 0 aliphatic carbocycles. The van der Waals surface area contributed by atoms with Crippen LogP contribution >= 0.6 is 0 Å². The van der Waals surface area contributed by atoms with Crippen LogP contribution in [0.5, 0.6) is 0 Å². The van der Waals surface area contributed by atoms with E-state index in [1.165, 1.54) is 28.6 Å². The number of anilines is 1. The summed E-state index contributed by atoms with van der Waals surface area (Å²) in [6.45, 7) is 4.02. The Morgan fingerprint density at radius 3 is 2.28 bits per heavy atom. The van der Waals surface area contributed by atoms with Crippen molar-refractivity contribution < 1.29 is 22.4 Å². The Morgan fingerprint density at radius 1 is 0.923 bits per heavy atom. The summed E-state index contributed by atoms with van der Waals surface area (Å²) < 4.78 is 33.1. The van der Waals surface area contributed by atoms with Gasteiger partial charge in [0.05, 0.1) is 11.4 Å². The van der Waals surface area contributed by atoms with Gasteiger partial charge in [-0.1, -0.05) is 61.2 Å². The maximum Gasteiger partial charge on any atom is 0.251 e. The maximum absolute atomic E-state index is 13.1. The van der Waals surface area contributed by atoms with Crippen molar-refractivity contribution in [2.45, 2.75) is 24.4 Å². The van der Waals surface area contributed by atoms with E-state index < -0.39 is 15.9 Å².